The highest BCUT2D eigenvalue weighted by atomic mass is 14.9. The number of hydrogen-bond donors (Lipinski definition) is 4. The standard InChI is InChI=1S/C30H66N4/c1-29(34-28-20-27-33-25-18-17-24-32-26-19-23-31)21-15-13-11-9-7-5-6-8-10-12-14-16-22-30(2,3)4/h29,32-34H,5-28,31H2,1-4H3. The average Bonchev–Trinajstić information content (AvgIpc) is 2.79. The van der Waals surface area contributed by atoms with Gasteiger partial charge in [0.25, 0.3) is 0 Å². The molecular weight excluding hydrogens is 416 g/mol. The fraction of sp³-hybridized carbons (Fsp3) is 1.00. The lowest BCUT2D eigenvalue weighted by molar-refractivity contribution is 0.356. The molecule has 0 rings (SSSR count). The summed E-state index contributed by atoms with van der Waals surface area (Å²) in [7, 11) is 0. The first-order valence-corrected chi connectivity index (χ1v) is 15.3. The molecule has 0 bridgehead atoms. The first-order valence-electron chi connectivity index (χ1n) is 15.3. The Kier molecular flexibility index (Phi) is 25.8. The van der Waals surface area contributed by atoms with Crippen LogP contribution in [0.1, 0.15) is 143 Å². The number of unbranched alkanes of at least 4 members (excludes halogenated alkanes) is 12. The molecule has 4 nitrogen and oxygen atoms in total. The summed E-state index contributed by atoms with van der Waals surface area (Å²) in [6.45, 7) is 15.8. The van der Waals surface area contributed by atoms with E-state index in [0.29, 0.717) is 11.5 Å². The predicted octanol–water partition coefficient (Wildman–Crippen LogP) is 7.17. The van der Waals surface area contributed by atoms with Gasteiger partial charge in [-0.3, -0.25) is 0 Å². The molecule has 0 saturated carbocycles. The Morgan fingerprint density at radius 2 is 0.971 bits per heavy atom. The van der Waals surface area contributed by atoms with Crippen molar-refractivity contribution in [1.82, 2.24) is 16.0 Å². The van der Waals surface area contributed by atoms with Gasteiger partial charge in [-0.15, -0.1) is 0 Å². The summed E-state index contributed by atoms with van der Waals surface area (Å²) in [4.78, 5) is 0. The van der Waals surface area contributed by atoms with Crippen molar-refractivity contribution < 1.29 is 0 Å². The molecule has 0 aliphatic heterocycles. The molecule has 0 aliphatic carbocycles. The van der Waals surface area contributed by atoms with Gasteiger partial charge < -0.3 is 21.7 Å². The maximum Gasteiger partial charge on any atom is 0.00387 e. The fourth-order valence-electron chi connectivity index (χ4n) is 4.51. The van der Waals surface area contributed by atoms with Crippen LogP contribution in [-0.4, -0.2) is 45.3 Å². The third-order valence-corrected chi connectivity index (χ3v) is 6.85. The topological polar surface area (TPSA) is 62.1 Å². The third kappa shape index (κ3) is 29.9. The van der Waals surface area contributed by atoms with E-state index in [-0.39, 0.29) is 0 Å². The van der Waals surface area contributed by atoms with Crippen LogP contribution in [0.25, 0.3) is 0 Å². The molecule has 34 heavy (non-hydrogen) atoms. The van der Waals surface area contributed by atoms with E-state index in [2.05, 4.69) is 43.6 Å². The summed E-state index contributed by atoms with van der Waals surface area (Å²) < 4.78 is 0. The summed E-state index contributed by atoms with van der Waals surface area (Å²) in [5, 5.41) is 10.7. The van der Waals surface area contributed by atoms with Crippen LogP contribution >= 0.6 is 0 Å². The summed E-state index contributed by atoms with van der Waals surface area (Å²) in [6.07, 6.45) is 24.8. The number of nitrogens with one attached hydrogen (secondary N) is 3. The van der Waals surface area contributed by atoms with Crippen molar-refractivity contribution in [3.8, 4) is 0 Å². The summed E-state index contributed by atoms with van der Waals surface area (Å²) in [5.41, 5.74) is 6.01. The van der Waals surface area contributed by atoms with Crippen LogP contribution < -0.4 is 21.7 Å². The Morgan fingerprint density at radius 3 is 1.47 bits per heavy atom. The second-order valence-electron chi connectivity index (χ2n) is 11.9. The van der Waals surface area contributed by atoms with Gasteiger partial charge in [0.1, 0.15) is 0 Å². The second kappa shape index (κ2) is 25.9. The Balaban J connectivity index is 3.17. The van der Waals surface area contributed by atoms with E-state index >= 15 is 0 Å². The van der Waals surface area contributed by atoms with Crippen LogP contribution in [0.15, 0.2) is 0 Å². The van der Waals surface area contributed by atoms with Crippen molar-refractivity contribution >= 4 is 0 Å². The van der Waals surface area contributed by atoms with Crippen LogP contribution in [0, 0.1) is 5.41 Å². The molecule has 0 aromatic heterocycles. The number of nitrogens with two attached hydrogens (primary N) is 1. The van der Waals surface area contributed by atoms with Crippen LogP contribution in [0.3, 0.4) is 0 Å². The number of hydrogen-bond acceptors (Lipinski definition) is 4. The molecule has 5 N–H and O–H groups in total. The highest BCUT2D eigenvalue weighted by molar-refractivity contribution is 4.63. The van der Waals surface area contributed by atoms with Gasteiger partial charge in [-0.2, -0.15) is 0 Å². The third-order valence-electron chi connectivity index (χ3n) is 6.85. The molecule has 4 heteroatoms. The molecule has 0 saturated heterocycles. The van der Waals surface area contributed by atoms with Gasteiger partial charge in [-0.25, -0.2) is 0 Å². The van der Waals surface area contributed by atoms with Crippen molar-refractivity contribution in [2.24, 2.45) is 11.1 Å². The number of rotatable bonds is 27. The largest absolute Gasteiger partial charge is 0.330 e. The van der Waals surface area contributed by atoms with Gasteiger partial charge in [-0.1, -0.05) is 97.8 Å². The van der Waals surface area contributed by atoms with Gasteiger partial charge in [0.2, 0.25) is 0 Å². The smallest absolute Gasteiger partial charge is 0.00387 e. The minimum Gasteiger partial charge on any atom is -0.330 e. The molecular formula is C30H66N4. The Morgan fingerprint density at radius 1 is 0.529 bits per heavy atom. The molecule has 0 aromatic rings. The van der Waals surface area contributed by atoms with Gasteiger partial charge in [0, 0.05) is 6.04 Å². The zero-order chi connectivity index (χ0) is 25.2. The first-order chi connectivity index (χ1) is 16.5. The molecule has 0 spiro atoms. The van der Waals surface area contributed by atoms with Gasteiger partial charge in [0.05, 0.1) is 0 Å². The lowest BCUT2D eigenvalue weighted by Gasteiger charge is -2.17. The van der Waals surface area contributed by atoms with E-state index in [9.17, 15) is 0 Å². The van der Waals surface area contributed by atoms with Gasteiger partial charge in [-0.05, 0) is 90.1 Å². The van der Waals surface area contributed by atoms with Crippen molar-refractivity contribution in [1.29, 1.82) is 0 Å². The van der Waals surface area contributed by atoms with Crippen LogP contribution in [0.2, 0.25) is 0 Å². The molecule has 0 aliphatic rings. The summed E-state index contributed by atoms with van der Waals surface area (Å²) >= 11 is 0. The highest BCUT2D eigenvalue weighted by Gasteiger charge is 2.08. The van der Waals surface area contributed by atoms with E-state index in [1.807, 2.05) is 0 Å². The molecule has 0 radical (unpaired) electrons. The quantitative estimate of drug-likeness (QED) is 0.0937. The van der Waals surface area contributed by atoms with Crippen LogP contribution in [0.4, 0.5) is 0 Å². The lowest BCUT2D eigenvalue weighted by atomic mass is 9.89. The van der Waals surface area contributed by atoms with E-state index in [1.165, 1.54) is 109 Å². The first kappa shape index (κ1) is 33.8. The molecule has 0 heterocycles. The molecule has 1 atom stereocenters. The van der Waals surface area contributed by atoms with E-state index in [4.69, 9.17) is 5.73 Å². The molecule has 206 valence electrons. The normalized spacial score (nSPS) is 13.0. The lowest BCUT2D eigenvalue weighted by Crippen LogP contribution is -2.29. The zero-order valence-corrected chi connectivity index (χ0v) is 24.1. The molecule has 0 fully saturated rings. The minimum absolute atomic E-state index is 0.523. The molecule has 0 amide bonds. The Bertz CT molecular complexity index is 380. The molecule has 0 aromatic carbocycles. The summed E-state index contributed by atoms with van der Waals surface area (Å²) in [5.74, 6) is 0. The average molecular weight is 483 g/mol. The SMILES string of the molecule is CC(CCCCCCCCCCCCCCC(C)(C)C)NCCCNCCCCNCCCN. The second-order valence-corrected chi connectivity index (χ2v) is 11.9. The maximum atomic E-state index is 5.49. The van der Waals surface area contributed by atoms with Crippen LogP contribution in [-0.2, 0) is 0 Å². The van der Waals surface area contributed by atoms with Crippen molar-refractivity contribution in [2.75, 3.05) is 39.3 Å². The monoisotopic (exact) mass is 483 g/mol. The van der Waals surface area contributed by atoms with Crippen molar-refractivity contribution in [2.45, 2.75) is 149 Å². The predicted molar refractivity (Wildman–Crippen MR) is 155 cm³/mol. The van der Waals surface area contributed by atoms with Crippen molar-refractivity contribution in [3.63, 3.8) is 0 Å². The highest BCUT2D eigenvalue weighted by Crippen LogP contribution is 2.22. The van der Waals surface area contributed by atoms with Crippen molar-refractivity contribution in [3.05, 3.63) is 0 Å². The minimum atomic E-state index is 0.523. The van der Waals surface area contributed by atoms with E-state index < -0.39 is 0 Å². The Labute approximate surface area is 215 Å². The summed E-state index contributed by atoms with van der Waals surface area (Å²) in [6, 6.07) is 0.669. The maximum absolute atomic E-state index is 5.49. The van der Waals surface area contributed by atoms with E-state index in [0.717, 1.165) is 45.7 Å². The molecule has 1 unspecified atom stereocenters. The van der Waals surface area contributed by atoms with Gasteiger partial charge >= 0.3 is 0 Å². The van der Waals surface area contributed by atoms with E-state index in [1.54, 1.807) is 0 Å². The fourth-order valence-corrected chi connectivity index (χ4v) is 4.51. The van der Waals surface area contributed by atoms with Gasteiger partial charge in [0.15, 0.2) is 0 Å². The van der Waals surface area contributed by atoms with Crippen LogP contribution in [0.5, 0.6) is 0 Å². The Hall–Kier alpha value is -0.160. The zero-order valence-electron chi connectivity index (χ0n) is 24.1.